The van der Waals surface area contributed by atoms with Crippen LogP contribution in [0.25, 0.3) is 0 Å². The molecule has 9 nitrogen and oxygen atoms in total. The van der Waals surface area contributed by atoms with Crippen molar-refractivity contribution < 1.29 is 19.1 Å². The van der Waals surface area contributed by atoms with Gasteiger partial charge in [-0.15, -0.1) is 0 Å². The summed E-state index contributed by atoms with van der Waals surface area (Å²) in [5.41, 5.74) is 0.618. The Morgan fingerprint density at radius 3 is 2.31 bits per heavy atom. The van der Waals surface area contributed by atoms with Crippen molar-refractivity contribution in [1.29, 1.82) is 0 Å². The second kappa shape index (κ2) is 11.6. The van der Waals surface area contributed by atoms with Gasteiger partial charge in [0.25, 0.3) is 0 Å². The number of urea groups is 1. The summed E-state index contributed by atoms with van der Waals surface area (Å²) in [5.74, 6) is -0.548. The topological polar surface area (TPSA) is 103 Å². The number of carbonyl (C=O) groups excluding carboxylic acids is 3. The third kappa shape index (κ3) is 6.91. The van der Waals surface area contributed by atoms with Crippen LogP contribution in [0.1, 0.15) is 6.42 Å². The van der Waals surface area contributed by atoms with Crippen LogP contribution in [0, 0.1) is 0 Å². The van der Waals surface area contributed by atoms with Crippen molar-refractivity contribution in [2.45, 2.75) is 12.5 Å². The van der Waals surface area contributed by atoms with Gasteiger partial charge in [0.05, 0.1) is 19.6 Å². The van der Waals surface area contributed by atoms with Crippen molar-refractivity contribution >= 4 is 37.0 Å². The second-order valence-corrected chi connectivity index (χ2v) is 6.79. The number of ether oxygens (including phenoxy) is 1. The molecule has 0 bridgehead atoms. The van der Waals surface area contributed by atoms with Crippen molar-refractivity contribution in [2.24, 2.45) is 0 Å². The monoisotopic (exact) mass is 423 g/mol. The molecule has 160 valence electrons. The van der Waals surface area contributed by atoms with Gasteiger partial charge in [0.15, 0.2) is 0 Å². The van der Waals surface area contributed by atoms with Gasteiger partial charge in [-0.2, -0.15) is 13.5 Å². The molecule has 1 aromatic carbocycles. The lowest BCUT2D eigenvalue weighted by Crippen LogP contribution is -2.54. The molecule has 10 heteroatoms. The molecule has 2 aliphatic heterocycles. The van der Waals surface area contributed by atoms with E-state index in [4.69, 9.17) is 4.74 Å². The van der Waals surface area contributed by atoms with Crippen molar-refractivity contribution in [3.63, 3.8) is 0 Å². The fraction of sp³-hybridized carbons (Fsp3) is 0.526. The van der Waals surface area contributed by atoms with Gasteiger partial charge in [0.2, 0.25) is 11.8 Å². The van der Waals surface area contributed by atoms with Gasteiger partial charge in [-0.25, -0.2) is 4.79 Å². The highest BCUT2D eigenvalue weighted by Crippen LogP contribution is 2.09. The molecule has 2 aliphatic rings. The molecule has 2 heterocycles. The molecule has 0 aromatic heterocycles. The van der Waals surface area contributed by atoms with Gasteiger partial charge in [-0.1, -0.05) is 18.2 Å². The Kier molecular flexibility index (Phi) is 9.23. The predicted molar refractivity (Wildman–Crippen MR) is 114 cm³/mol. The lowest BCUT2D eigenvalue weighted by molar-refractivity contribution is -0.134. The Bertz CT molecular complexity index is 646. The minimum Gasteiger partial charge on any atom is -0.378 e. The first kappa shape index (κ1) is 23.0. The van der Waals surface area contributed by atoms with Gasteiger partial charge in [0.1, 0.15) is 6.04 Å². The maximum absolute atomic E-state index is 12.8. The normalized spacial score (nSPS) is 17.7. The molecule has 1 atom stereocenters. The van der Waals surface area contributed by atoms with E-state index < -0.39 is 11.9 Å². The molecule has 0 aliphatic carbocycles. The molecule has 3 N–H and O–H groups in total. The van der Waals surface area contributed by atoms with E-state index in [1.165, 1.54) is 0 Å². The number of morpholine rings is 1. The Morgan fingerprint density at radius 1 is 1.00 bits per heavy atom. The van der Waals surface area contributed by atoms with Gasteiger partial charge >= 0.3 is 6.03 Å². The number of amides is 4. The number of hydrogen-bond donors (Lipinski definition) is 3. The molecule has 2 fully saturated rings. The summed E-state index contributed by atoms with van der Waals surface area (Å²) in [6.07, 6.45) is -0.0747. The van der Waals surface area contributed by atoms with Gasteiger partial charge in [-0.3, -0.25) is 9.59 Å². The first-order valence-electron chi connectivity index (χ1n) is 9.61. The van der Waals surface area contributed by atoms with E-state index in [0.717, 1.165) is 13.1 Å². The van der Waals surface area contributed by atoms with Crippen LogP contribution in [-0.2, 0) is 14.3 Å². The average Bonchev–Trinajstić information content (AvgIpc) is 2.75. The van der Waals surface area contributed by atoms with Crippen LogP contribution in [0.2, 0.25) is 0 Å². The molecule has 1 aromatic rings. The highest BCUT2D eigenvalue weighted by atomic mass is 32.1. The second-order valence-electron chi connectivity index (χ2n) is 6.79. The number of piperazine rings is 1. The zero-order valence-electron chi connectivity index (χ0n) is 16.4. The summed E-state index contributed by atoms with van der Waals surface area (Å²) in [7, 11) is 0. The molecule has 0 radical (unpaired) electrons. The molecular formula is C19H29N5O4S. The van der Waals surface area contributed by atoms with E-state index in [9.17, 15) is 14.4 Å². The van der Waals surface area contributed by atoms with Crippen molar-refractivity contribution in [2.75, 3.05) is 57.8 Å². The van der Waals surface area contributed by atoms with Crippen LogP contribution in [0.15, 0.2) is 30.3 Å². The summed E-state index contributed by atoms with van der Waals surface area (Å²) >= 11 is 0. The first-order valence-corrected chi connectivity index (χ1v) is 9.61. The lowest BCUT2D eigenvalue weighted by Gasteiger charge is -2.31. The first-order chi connectivity index (χ1) is 13.6. The summed E-state index contributed by atoms with van der Waals surface area (Å²) in [6.45, 7) is 4.52. The summed E-state index contributed by atoms with van der Waals surface area (Å²) in [4.78, 5) is 41.3. The van der Waals surface area contributed by atoms with E-state index in [0.29, 0.717) is 45.1 Å². The summed E-state index contributed by atoms with van der Waals surface area (Å²) in [5, 5.41) is 8.70. The van der Waals surface area contributed by atoms with Gasteiger partial charge in [0, 0.05) is 45.0 Å². The van der Waals surface area contributed by atoms with Crippen LogP contribution in [-0.4, -0.2) is 86.2 Å². The van der Waals surface area contributed by atoms with E-state index in [1.54, 1.807) is 21.9 Å². The summed E-state index contributed by atoms with van der Waals surface area (Å²) < 4.78 is 5.26. The van der Waals surface area contributed by atoms with Crippen LogP contribution < -0.4 is 16.0 Å². The number of carbonyl (C=O) groups is 3. The number of hydrogen-bond acceptors (Lipinski definition) is 5. The molecule has 29 heavy (non-hydrogen) atoms. The predicted octanol–water partition coefficient (Wildman–Crippen LogP) is -0.0298. The highest BCUT2D eigenvalue weighted by Gasteiger charge is 2.29. The zero-order chi connectivity index (χ0) is 19.8. The molecule has 0 unspecified atom stereocenters. The van der Waals surface area contributed by atoms with Gasteiger partial charge < -0.3 is 30.5 Å². The van der Waals surface area contributed by atoms with Crippen molar-refractivity contribution in [3.05, 3.63) is 30.3 Å². The smallest absolute Gasteiger partial charge is 0.318 e. The van der Waals surface area contributed by atoms with Crippen LogP contribution in [0.5, 0.6) is 0 Å². The quantitative estimate of drug-likeness (QED) is 0.617. The van der Waals surface area contributed by atoms with E-state index >= 15 is 0 Å². The fourth-order valence-electron chi connectivity index (χ4n) is 3.18. The lowest BCUT2D eigenvalue weighted by atomic mass is 10.1. The number of rotatable bonds is 5. The maximum Gasteiger partial charge on any atom is 0.318 e. The van der Waals surface area contributed by atoms with Gasteiger partial charge in [-0.05, 0) is 12.1 Å². The Balaban J connectivity index is 0.00000300. The van der Waals surface area contributed by atoms with Crippen LogP contribution in [0.3, 0.4) is 0 Å². The van der Waals surface area contributed by atoms with Crippen molar-refractivity contribution in [1.82, 2.24) is 20.4 Å². The Morgan fingerprint density at radius 2 is 1.66 bits per heavy atom. The van der Waals surface area contributed by atoms with Crippen LogP contribution >= 0.6 is 13.5 Å². The summed E-state index contributed by atoms with van der Waals surface area (Å²) in [6, 6.07) is 7.68. The van der Waals surface area contributed by atoms with Crippen LogP contribution in [0.4, 0.5) is 10.5 Å². The third-order valence-corrected chi connectivity index (χ3v) is 4.80. The minimum absolute atomic E-state index is 0. The zero-order valence-corrected chi connectivity index (χ0v) is 17.4. The number of benzene rings is 1. The molecular weight excluding hydrogens is 394 g/mol. The number of anilines is 1. The highest BCUT2D eigenvalue weighted by molar-refractivity contribution is 7.59. The van der Waals surface area contributed by atoms with Crippen molar-refractivity contribution in [3.8, 4) is 0 Å². The SMILES string of the molecule is O=C(Nc1ccccc1)[C@H](CC(=O)N1CCNCC1)NC(=O)N1CCOCC1.S. The standard InChI is InChI=1S/C19H27N5O4.H2S/c25-17(23-8-6-20-7-9-23)14-16(18(26)21-15-4-2-1-3-5-15)22-19(27)24-10-12-28-13-11-24;/h1-5,16,20H,6-14H2,(H,21,26)(H,22,27);1H2/t16-;/m0./s1. The maximum atomic E-state index is 12.8. The molecule has 4 amide bonds. The van der Waals surface area contributed by atoms with E-state index in [-0.39, 0.29) is 31.9 Å². The third-order valence-electron chi connectivity index (χ3n) is 4.80. The largest absolute Gasteiger partial charge is 0.378 e. The average molecular weight is 424 g/mol. The molecule has 2 saturated heterocycles. The Hall–Kier alpha value is -2.30. The molecule has 0 saturated carbocycles. The number of para-hydroxylation sites is 1. The van der Waals surface area contributed by atoms with E-state index in [2.05, 4.69) is 16.0 Å². The minimum atomic E-state index is -0.946. The number of nitrogens with zero attached hydrogens (tertiary/aromatic N) is 2. The van der Waals surface area contributed by atoms with E-state index in [1.807, 2.05) is 18.2 Å². The Labute approximate surface area is 177 Å². The molecule has 0 spiro atoms. The molecule has 3 rings (SSSR count). The number of nitrogens with one attached hydrogen (secondary N) is 3. The fourth-order valence-corrected chi connectivity index (χ4v) is 3.18.